The summed E-state index contributed by atoms with van der Waals surface area (Å²) in [5, 5.41) is 2.88. The van der Waals surface area contributed by atoms with Crippen LogP contribution < -0.4 is 5.32 Å². The van der Waals surface area contributed by atoms with E-state index in [1.54, 1.807) is 0 Å². The van der Waals surface area contributed by atoms with Crippen LogP contribution >= 0.6 is 9.39 Å². The first-order valence-corrected chi connectivity index (χ1v) is 10.1. The highest BCUT2D eigenvalue weighted by molar-refractivity contribution is 7.16. The molecule has 1 heterocycles. The Balaban J connectivity index is 0.000000906. The standard InChI is InChI=1S/C18H21N2O4P.C2H6.CH4/c1-2-12-8-17(15(22)24-10-11-6-4-3-5-7-11)9-13(17)18(12)14(21)20(25)16(23)19-18;1-2;/h3-7,12-13H,2,8-10,25H2,1H3,(H,19,23);1-2H3;1H4. The van der Waals surface area contributed by atoms with Gasteiger partial charge in [0.2, 0.25) is 0 Å². The van der Waals surface area contributed by atoms with Gasteiger partial charge in [0.1, 0.15) is 12.1 Å². The summed E-state index contributed by atoms with van der Waals surface area (Å²) >= 11 is 0. The fourth-order valence-electron chi connectivity index (χ4n) is 4.75. The monoisotopic (exact) mass is 406 g/mol. The minimum Gasteiger partial charge on any atom is -0.460 e. The maximum atomic E-state index is 12.8. The Labute approximate surface area is 169 Å². The van der Waals surface area contributed by atoms with Gasteiger partial charge in [-0.1, -0.05) is 65.0 Å². The van der Waals surface area contributed by atoms with E-state index in [4.69, 9.17) is 4.74 Å². The first-order valence-electron chi connectivity index (χ1n) is 9.58. The third kappa shape index (κ3) is 3.12. The zero-order chi connectivity index (χ0) is 19.8. The number of amides is 3. The van der Waals surface area contributed by atoms with Crippen molar-refractivity contribution in [3.05, 3.63) is 35.9 Å². The van der Waals surface area contributed by atoms with Gasteiger partial charge in [0.05, 0.1) is 5.41 Å². The third-order valence-corrected chi connectivity index (χ3v) is 6.57. The van der Waals surface area contributed by atoms with Crippen molar-refractivity contribution in [3.8, 4) is 0 Å². The number of fused-ring (bicyclic) bond motifs is 2. The van der Waals surface area contributed by atoms with Gasteiger partial charge >= 0.3 is 12.0 Å². The normalized spacial score (nSPS) is 32.1. The number of urea groups is 1. The van der Waals surface area contributed by atoms with Crippen molar-refractivity contribution < 1.29 is 19.1 Å². The molecule has 1 aliphatic heterocycles. The van der Waals surface area contributed by atoms with Crippen LogP contribution in [0.2, 0.25) is 0 Å². The number of ether oxygens (including phenoxy) is 1. The van der Waals surface area contributed by atoms with Crippen LogP contribution in [0.25, 0.3) is 0 Å². The predicted octanol–water partition coefficient (Wildman–Crippen LogP) is 3.91. The number of nitrogens with zero attached hydrogens (tertiary/aromatic N) is 1. The fraction of sp³-hybridized carbons (Fsp3) is 0.571. The molecule has 3 fully saturated rings. The summed E-state index contributed by atoms with van der Waals surface area (Å²) in [4.78, 5) is 37.6. The van der Waals surface area contributed by atoms with E-state index in [-0.39, 0.29) is 37.7 Å². The number of carbonyl (C=O) groups is 3. The Kier molecular flexibility index (Phi) is 6.55. The van der Waals surface area contributed by atoms with Gasteiger partial charge in [-0.2, -0.15) is 0 Å². The van der Waals surface area contributed by atoms with Crippen LogP contribution in [0.4, 0.5) is 4.79 Å². The molecule has 1 aromatic carbocycles. The number of hydrogen-bond acceptors (Lipinski definition) is 4. The Bertz CT molecular complexity index is 756. The average Bonchev–Trinajstić information content (AvgIpc) is 3.33. The molecule has 6 nitrogen and oxygen atoms in total. The molecular weight excluding hydrogens is 375 g/mol. The topological polar surface area (TPSA) is 75.7 Å². The summed E-state index contributed by atoms with van der Waals surface area (Å²) in [6.45, 7) is 6.22. The third-order valence-electron chi connectivity index (χ3n) is 6.10. The summed E-state index contributed by atoms with van der Waals surface area (Å²) in [5.41, 5.74) is -0.640. The predicted molar refractivity (Wildman–Crippen MR) is 111 cm³/mol. The first-order chi connectivity index (χ1) is 13.0. The van der Waals surface area contributed by atoms with E-state index in [0.717, 1.165) is 16.7 Å². The quantitative estimate of drug-likeness (QED) is 0.467. The van der Waals surface area contributed by atoms with E-state index in [9.17, 15) is 14.4 Å². The van der Waals surface area contributed by atoms with Gasteiger partial charge in [0.15, 0.2) is 0 Å². The second-order valence-corrected chi connectivity index (χ2v) is 7.77. The SMILES string of the molecule is C.CC.CCC1CC2(C(=O)OCc3ccccc3)CC2C12NC(=O)N(P)C2=O. The highest BCUT2D eigenvalue weighted by Crippen LogP contribution is 2.71. The molecule has 0 bridgehead atoms. The number of rotatable bonds is 4. The molecule has 0 radical (unpaired) electrons. The summed E-state index contributed by atoms with van der Waals surface area (Å²) in [5.74, 6) is -0.705. The maximum absolute atomic E-state index is 12.8. The lowest BCUT2D eigenvalue weighted by atomic mass is 9.81. The second-order valence-electron chi connectivity index (χ2n) is 7.26. The Morgan fingerprint density at radius 2 is 1.89 bits per heavy atom. The molecule has 2 aliphatic carbocycles. The van der Waals surface area contributed by atoms with Gasteiger partial charge < -0.3 is 10.1 Å². The zero-order valence-corrected chi connectivity index (χ0v) is 17.2. The molecule has 0 aromatic heterocycles. The van der Waals surface area contributed by atoms with Crippen molar-refractivity contribution in [1.29, 1.82) is 0 Å². The molecule has 28 heavy (non-hydrogen) atoms. The summed E-state index contributed by atoms with van der Waals surface area (Å²) < 4.78 is 6.62. The van der Waals surface area contributed by atoms with E-state index in [1.165, 1.54) is 0 Å². The van der Waals surface area contributed by atoms with Crippen molar-refractivity contribution >= 4 is 27.3 Å². The number of benzene rings is 1. The molecule has 7 heteroatoms. The smallest absolute Gasteiger partial charge is 0.327 e. The summed E-state index contributed by atoms with van der Waals surface area (Å²) in [6.07, 6.45) is 1.92. The van der Waals surface area contributed by atoms with Gasteiger partial charge in [-0.15, -0.1) is 0 Å². The molecule has 3 aliphatic rings. The zero-order valence-electron chi connectivity index (χ0n) is 16.0. The largest absolute Gasteiger partial charge is 0.460 e. The minimum atomic E-state index is -0.945. The van der Waals surface area contributed by atoms with E-state index < -0.39 is 17.0 Å². The minimum absolute atomic E-state index is 0. The molecule has 1 aromatic rings. The highest BCUT2D eigenvalue weighted by Gasteiger charge is 2.80. The molecule has 1 N–H and O–H groups in total. The molecule has 1 saturated heterocycles. The number of imide groups is 1. The lowest BCUT2D eigenvalue weighted by Gasteiger charge is -2.30. The van der Waals surface area contributed by atoms with Crippen LogP contribution in [0.3, 0.4) is 0 Å². The average molecular weight is 406 g/mol. The Morgan fingerprint density at radius 3 is 2.43 bits per heavy atom. The highest BCUT2D eigenvalue weighted by atomic mass is 31.0. The molecule has 5 atom stereocenters. The van der Waals surface area contributed by atoms with Gasteiger partial charge in [-0.25, -0.2) is 9.46 Å². The number of esters is 1. The second kappa shape index (κ2) is 8.20. The van der Waals surface area contributed by atoms with Crippen LogP contribution in [0, 0.1) is 17.3 Å². The molecule has 5 unspecified atom stereocenters. The molecule has 4 rings (SSSR count). The van der Waals surface area contributed by atoms with Crippen LogP contribution in [-0.2, 0) is 20.9 Å². The van der Waals surface area contributed by atoms with Crippen molar-refractivity contribution in [2.24, 2.45) is 17.3 Å². The van der Waals surface area contributed by atoms with Crippen molar-refractivity contribution in [3.63, 3.8) is 0 Å². The lowest BCUT2D eigenvalue weighted by Crippen LogP contribution is -2.52. The molecule has 3 amide bonds. The summed E-state index contributed by atoms with van der Waals surface area (Å²) in [6, 6.07) is 9.13. The van der Waals surface area contributed by atoms with Gasteiger partial charge in [-0.3, -0.25) is 9.59 Å². The summed E-state index contributed by atoms with van der Waals surface area (Å²) in [7, 11) is 2.18. The van der Waals surface area contributed by atoms with Gasteiger partial charge in [0.25, 0.3) is 5.91 Å². The fourth-order valence-corrected chi connectivity index (χ4v) is 5.03. The van der Waals surface area contributed by atoms with Crippen LogP contribution in [0.1, 0.15) is 53.0 Å². The Morgan fingerprint density at radius 1 is 1.25 bits per heavy atom. The lowest BCUT2D eigenvalue weighted by molar-refractivity contribution is -0.152. The number of nitrogens with one attached hydrogen (secondary N) is 1. The Hall–Kier alpha value is -1.94. The van der Waals surface area contributed by atoms with E-state index in [1.807, 2.05) is 51.1 Å². The van der Waals surface area contributed by atoms with Gasteiger partial charge in [0, 0.05) is 5.92 Å². The molecule has 1 spiro atoms. The van der Waals surface area contributed by atoms with Crippen LogP contribution in [-0.4, -0.2) is 28.1 Å². The van der Waals surface area contributed by atoms with E-state index in [2.05, 4.69) is 14.7 Å². The van der Waals surface area contributed by atoms with Crippen LogP contribution in [0.5, 0.6) is 0 Å². The van der Waals surface area contributed by atoms with E-state index >= 15 is 0 Å². The van der Waals surface area contributed by atoms with E-state index in [0.29, 0.717) is 12.8 Å². The first kappa shape index (κ1) is 22.4. The van der Waals surface area contributed by atoms with Crippen molar-refractivity contribution in [2.45, 2.75) is 59.6 Å². The number of carbonyl (C=O) groups excluding carboxylic acids is 3. The molecular formula is C21H31N2O4P. The van der Waals surface area contributed by atoms with Crippen LogP contribution in [0.15, 0.2) is 30.3 Å². The van der Waals surface area contributed by atoms with Crippen molar-refractivity contribution in [1.82, 2.24) is 9.99 Å². The molecule has 2 saturated carbocycles. The molecule has 154 valence electrons. The maximum Gasteiger partial charge on any atom is 0.327 e. The van der Waals surface area contributed by atoms with Crippen molar-refractivity contribution in [2.75, 3.05) is 0 Å². The van der Waals surface area contributed by atoms with Gasteiger partial charge in [-0.05, 0) is 33.7 Å². The number of hydrogen-bond donors (Lipinski definition) is 1.